The number of rotatable bonds is 4. The molecule has 0 amide bonds. The molecule has 1 atom stereocenters. The van der Waals surface area contributed by atoms with Gasteiger partial charge in [0.1, 0.15) is 11.2 Å². The number of halogens is 1. The molecule has 1 aromatic heterocycles. The maximum Gasteiger partial charge on any atom is 0.320 e. The Kier molecular flexibility index (Phi) is 4.94. The van der Waals surface area contributed by atoms with E-state index < -0.39 is 11.4 Å². The second kappa shape index (κ2) is 7.14. The monoisotopic (exact) mass is 344 g/mol. The van der Waals surface area contributed by atoms with Gasteiger partial charge in [0.2, 0.25) is 5.95 Å². The van der Waals surface area contributed by atoms with E-state index in [9.17, 15) is 9.18 Å². The van der Waals surface area contributed by atoms with Crippen molar-refractivity contribution in [2.24, 2.45) is 0 Å². The minimum Gasteiger partial charge on any atom is -0.468 e. The Balaban J connectivity index is 1.96. The van der Waals surface area contributed by atoms with Crippen molar-refractivity contribution in [3.63, 3.8) is 0 Å². The van der Waals surface area contributed by atoms with Crippen LogP contribution in [0, 0.1) is 5.82 Å². The Morgan fingerprint density at radius 3 is 2.32 bits per heavy atom. The maximum absolute atomic E-state index is 13.3. The average molecular weight is 344 g/mol. The summed E-state index contributed by atoms with van der Waals surface area (Å²) in [6.45, 7) is 5.19. The van der Waals surface area contributed by atoms with Crippen LogP contribution in [0.15, 0.2) is 36.7 Å². The Labute approximate surface area is 146 Å². The zero-order valence-electron chi connectivity index (χ0n) is 14.3. The molecule has 1 saturated heterocycles. The van der Waals surface area contributed by atoms with Crippen molar-refractivity contribution in [1.29, 1.82) is 0 Å². The molecular weight excluding hydrogens is 323 g/mol. The van der Waals surface area contributed by atoms with Crippen LogP contribution < -0.4 is 10.2 Å². The fraction of sp³-hybridized carbons (Fsp3) is 0.389. The number of benzene rings is 1. The zero-order valence-corrected chi connectivity index (χ0v) is 14.3. The summed E-state index contributed by atoms with van der Waals surface area (Å²) in [5, 5.41) is 3.28. The van der Waals surface area contributed by atoms with Gasteiger partial charge < -0.3 is 15.0 Å². The van der Waals surface area contributed by atoms with Gasteiger partial charge in [-0.05, 0) is 24.6 Å². The van der Waals surface area contributed by atoms with Crippen LogP contribution in [0.5, 0.6) is 0 Å². The SMILES string of the molecule is COC(=O)C(C)(c1ccc(F)cc1)c1cnc(N2CCNCC2)nc1. The van der Waals surface area contributed by atoms with Gasteiger partial charge in [0.15, 0.2) is 0 Å². The first kappa shape index (κ1) is 17.3. The van der Waals surface area contributed by atoms with Crippen LogP contribution in [0.3, 0.4) is 0 Å². The van der Waals surface area contributed by atoms with E-state index in [0.717, 1.165) is 26.2 Å². The number of nitrogens with zero attached hydrogens (tertiary/aromatic N) is 3. The number of esters is 1. The highest BCUT2D eigenvalue weighted by Gasteiger charge is 2.39. The fourth-order valence-electron chi connectivity index (χ4n) is 3.00. The van der Waals surface area contributed by atoms with Crippen molar-refractivity contribution in [1.82, 2.24) is 15.3 Å². The normalized spacial score (nSPS) is 17.0. The van der Waals surface area contributed by atoms with Crippen LogP contribution in [0.25, 0.3) is 0 Å². The van der Waals surface area contributed by atoms with Crippen LogP contribution in [0.2, 0.25) is 0 Å². The minimum atomic E-state index is -1.11. The van der Waals surface area contributed by atoms with E-state index in [1.165, 1.54) is 19.2 Å². The molecule has 2 aromatic rings. The third-order valence-electron chi connectivity index (χ3n) is 4.63. The van der Waals surface area contributed by atoms with E-state index in [4.69, 9.17) is 4.74 Å². The first-order valence-electron chi connectivity index (χ1n) is 8.18. The highest BCUT2D eigenvalue weighted by atomic mass is 19.1. The number of methoxy groups -OCH3 is 1. The van der Waals surface area contributed by atoms with Crippen molar-refractivity contribution < 1.29 is 13.9 Å². The lowest BCUT2D eigenvalue weighted by Gasteiger charge is -2.29. The zero-order chi connectivity index (χ0) is 17.9. The Morgan fingerprint density at radius 1 is 1.16 bits per heavy atom. The predicted octanol–water partition coefficient (Wildman–Crippen LogP) is 1.50. The smallest absolute Gasteiger partial charge is 0.320 e. The number of hydrogen-bond acceptors (Lipinski definition) is 6. The highest BCUT2D eigenvalue weighted by molar-refractivity contribution is 5.86. The summed E-state index contributed by atoms with van der Waals surface area (Å²) in [5.41, 5.74) is 0.119. The Hall–Kier alpha value is -2.54. The summed E-state index contributed by atoms with van der Waals surface area (Å²) in [6, 6.07) is 5.81. The Morgan fingerprint density at radius 2 is 1.76 bits per heavy atom. The molecule has 3 rings (SSSR count). The first-order valence-corrected chi connectivity index (χ1v) is 8.18. The van der Waals surface area contributed by atoms with Gasteiger partial charge in [-0.25, -0.2) is 14.4 Å². The molecule has 0 radical (unpaired) electrons. The molecule has 0 saturated carbocycles. The molecule has 0 aliphatic carbocycles. The number of carbonyl (C=O) groups is 1. The molecule has 1 aliphatic heterocycles. The molecule has 1 aliphatic rings. The fourth-order valence-corrected chi connectivity index (χ4v) is 3.00. The van der Waals surface area contributed by atoms with Gasteiger partial charge in [0.25, 0.3) is 0 Å². The first-order chi connectivity index (χ1) is 12.1. The van der Waals surface area contributed by atoms with Crippen molar-refractivity contribution in [2.45, 2.75) is 12.3 Å². The molecule has 6 nitrogen and oxygen atoms in total. The van der Waals surface area contributed by atoms with E-state index >= 15 is 0 Å². The maximum atomic E-state index is 13.3. The topological polar surface area (TPSA) is 67.3 Å². The molecule has 0 bridgehead atoms. The lowest BCUT2D eigenvalue weighted by atomic mass is 9.77. The quantitative estimate of drug-likeness (QED) is 0.848. The third-order valence-corrected chi connectivity index (χ3v) is 4.63. The summed E-state index contributed by atoms with van der Waals surface area (Å²) in [4.78, 5) is 23.5. The summed E-state index contributed by atoms with van der Waals surface area (Å²) < 4.78 is 18.3. The number of ether oxygens (including phenoxy) is 1. The van der Waals surface area contributed by atoms with Crippen LogP contribution in [-0.2, 0) is 14.9 Å². The van der Waals surface area contributed by atoms with Crippen molar-refractivity contribution in [3.8, 4) is 0 Å². The predicted molar refractivity (Wildman–Crippen MR) is 92.0 cm³/mol. The van der Waals surface area contributed by atoms with Crippen molar-refractivity contribution in [2.75, 3.05) is 38.2 Å². The highest BCUT2D eigenvalue weighted by Crippen LogP contribution is 2.33. The number of anilines is 1. The van der Waals surface area contributed by atoms with Crippen molar-refractivity contribution >= 4 is 11.9 Å². The van der Waals surface area contributed by atoms with E-state index in [1.54, 1.807) is 31.5 Å². The molecule has 7 heteroatoms. The van der Waals surface area contributed by atoms with Crippen LogP contribution in [-0.4, -0.2) is 49.2 Å². The molecule has 1 unspecified atom stereocenters. The molecule has 25 heavy (non-hydrogen) atoms. The molecule has 1 aromatic carbocycles. The van der Waals surface area contributed by atoms with Gasteiger partial charge in [-0.15, -0.1) is 0 Å². The van der Waals surface area contributed by atoms with E-state index in [1.807, 2.05) is 0 Å². The summed E-state index contributed by atoms with van der Waals surface area (Å²) in [5.74, 6) is -0.171. The average Bonchev–Trinajstić information content (AvgIpc) is 2.68. The molecule has 1 fully saturated rings. The lowest BCUT2D eigenvalue weighted by Crippen LogP contribution is -2.44. The number of piperazine rings is 1. The second-order valence-electron chi connectivity index (χ2n) is 6.13. The summed E-state index contributed by atoms with van der Waals surface area (Å²) in [7, 11) is 1.33. The van der Waals surface area contributed by atoms with Gasteiger partial charge in [-0.3, -0.25) is 4.79 Å². The molecule has 1 N–H and O–H groups in total. The molecule has 132 valence electrons. The number of nitrogens with one attached hydrogen (secondary N) is 1. The van der Waals surface area contributed by atoms with Gasteiger partial charge in [-0.1, -0.05) is 12.1 Å². The number of carbonyl (C=O) groups excluding carboxylic acids is 1. The second-order valence-corrected chi connectivity index (χ2v) is 6.13. The molecule has 0 spiro atoms. The van der Waals surface area contributed by atoms with Gasteiger partial charge in [-0.2, -0.15) is 0 Å². The van der Waals surface area contributed by atoms with E-state index in [0.29, 0.717) is 17.1 Å². The van der Waals surface area contributed by atoms with Gasteiger partial charge in [0, 0.05) is 44.1 Å². The van der Waals surface area contributed by atoms with E-state index in [2.05, 4.69) is 20.2 Å². The van der Waals surface area contributed by atoms with Crippen LogP contribution >= 0.6 is 0 Å². The molecule has 2 heterocycles. The minimum absolute atomic E-state index is 0.360. The number of hydrogen-bond donors (Lipinski definition) is 1. The Bertz CT molecular complexity index is 730. The van der Waals surface area contributed by atoms with Gasteiger partial charge >= 0.3 is 5.97 Å². The van der Waals surface area contributed by atoms with Gasteiger partial charge in [0.05, 0.1) is 7.11 Å². The summed E-state index contributed by atoms with van der Waals surface area (Å²) >= 11 is 0. The summed E-state index contributed by atoms with van der Waals surface area (Å²) in [6.07, 6.45) is 3.29. The standard InChI is InChI=1S/C18H21FN4O2/c1-18(16(24)25-2,13-3-5-15(19)6-4-13)14-11-21-17(22-12-14)23-9-7-20-8-10-23/h3-6,11-12,20H,7-10H2,1-2H3. The van der Waals surface area contributed by atoms with Crippen LogP contribution in [0.4, 0.5) is 10.3 Å². The third kappa shape index (κ3) is 3.32. The number of aromatic nitrogens is 2. The molecular formula is C18H21FN4O2. The largest absolute Gasteiger partial charge is 0.468 e. The lowest BCUT2D eigenvalue weighted by molar-refractivity contribution is -0.145. The van der Waals surface area contributed by atoms with E-state index in [-0.39, 0.29) is 5.82 Å². The van der Waals surface area contributed by atoms with Crippen molar-refractivity contribution in [3.05, 3.63) is 53.6 Å². The van der Waals surface area contributed by atoms with Crippen LogP contribution in [0.1, 0.15) is 18.1 Å².